The molecule has 0 radical (unpaired) electrons. The van der Waals surface area contributed by atoms with E-state index in [1.165, 1.54) is 26.4 Å². The van der Waals surface area contributed by atoms with Crippen molar-refractivity contribution in [1.29, 1.82) is 0 Å². The van der Waals surface area contributed by atoms with Crippen LogP contribution in [0.2, 0.25) is 10.0 Å². The number of ether oxygens (including phenoxy) is 2. The summed E-state index contributed by atoms with van der Waals surface area (Å²) in [5.74, 6) is -0.656. The van der Waals surface area contributed by atoms with Gasteiger partial charge in [0.25, 0.3) is 5.91 Å². The molecule has 30 heavy (non-hydrogen) atoms. The number of carbonyl (C=O) groups excluding carboxylic acids is 2. The molecule has 0 saturated carbocycles. The maximum absolute atomic E-state index is 12.7. The Labute approximate surface area is 182 Å². The van der Waals surface area contributed by atoms with Crippen LogP contribution in [0.5, 0.6) is 5.75 Å². The topological polar surface area (TPSA) is 95.3 Å². The van der Waals surface area contributed by atoms with Gasteiger partial charge in [-0.05, 0) is 42.8 Å². The minimum absolute atomic E-state index is 0.161. The van der Waals surface area contributed by atoms with Crippen LogP contribution in [0.15, 0.2) is 36.4 Å². The third kappa shape index (κ3) is 4.55. The minimum atomic E-state index is -0.507. The van der Waals surface area contributed by atoms with Crippen molar-refractivity contribution in [3.8, 4) is 5.75 Å². The lowest BCUT2D eigenvalue weighted by Gasteiger charge is -2.11. The first-order valence-corrected chi connectivity index (χ1v) is 9.51. The van der Waals surface area contributed by atoms with Crippen molar-refractivity contribution in [2.75, 3.05) is 19.5 Å². The Morgan fingerprint density at radius 3 is 2.53 bits per heavy atom. The molecule has 0 fully saturated rings. The summed E-state index contributed by atoms with van der Waals surface area (Å²) in [7, 11) is 2.72. The van der Waals surface area contributed by atoms with Gasteiger partial charge in [0.15, 0.2) is 5.69 Å². The molecule has 0 saturated heterocycles. The molecule has 0 aliphatic carbocycles. The van der Waals surface area contributed by atoms with Gasteiger partial charge >= 0.3 is 5.97 Å². The highest BCUT2D eigenvalue weighted by Gasteiger charge is 2.19. The zero-order chi connectivity index (χ0) is 21.8. The van der Waals surface area contributed by atoms with E-state index in [1.54, 1.807) is 29.8 Å². The van der Waals surface area contributed by atoms with E-state index < -0.39 is 11.9 Å². The van der Waals surface area contributed by atoms with Crippen molar-refractivity contribution in [3.63, 3.8) is 0 Å². The van der Waals surface area contributed by atoms with Gasteiger partial charge < -0.3 is 14.8 Å². The molecule has 1 aromatic heterocycles. The van der Waals surface area contributed by atoms with Gasteiger partial charge in [-0.15, -0.1) is 5.10 Å². The number of nitrogens with one attached hydrogen (secondary N) is 1. The first-order valence-electron chi connectivity index (χ1n) is 8.75. The average molecular weight is 449 g/mol. The molecule has 2 aromatic carbocycles. The lowest BCUT2D eigenvalue weighted by molar-refractivity contribution is 0.0600. The van der Waals surface area contributed by atoms with Gasteiger partial charge in [0, 0.05) is 0 Å². The number of nitrogens with zero attached hydrogens (tertiary/aromatic N) is 3. The predicted octanol–water partition coefficient (Wildman–Crippen LogP) is 3.99. The average Bonchev–Trinajstić information content (AvgIpc) is 3.10. The molecule has 10 heteroatoms. The Morgan fingerprint density at radius 2 is 1.87 bits per heavy atom. The molecular formula is C20H18Cl2N4O4. The summed E-state index contributed by atoms with van der Waals surface area (Å²) < 4.78 is 11.5. The summed E-state index contributed by atoms with van der Waals surface area (Å²) in [5, 5.41) is 11.7. The summed E-state index contributed by atoms with van der Waals surface area (Å²) in [6, 6.07) is 9.82. The molecule has 8 nitrogen and oxygen atoms in total. The number of benzene rings is 2. The fraction of sp³-hybridized carbons (Fsp3) is 0.200. The Bertz CT molecular complexity index is 1110. The molecule has 0 aliphatic rings. The van der Waals surface area contributed by atoms with E-state index in [1.807, 2.05) is 6.07 Å². The standard InChI is InChI=1S/C20H18Cl2N4O4/c1-11-18(24-25-26(11)10-12-4-6-14(21)15(22)8-12)19(27)23-16-7-5-13(20(28)30-3)9-17(16)29-2/h4-9H,10H2,1-3H3,(H,23,27). The monoisotopic (exact) mass is 448 g/mol. The third-order valence-corrected chi connectivity index (χ3v) is 5.12. The number of hydrogen-bond acceptors (Lipinski definition) is 6. The number of hydrogen-bond donors (Lipinski definition) is 1. The Balaban J connectivity index is 1.79. The van der Waals surface area contributed by atoms with E-state index >= 15 is 0 Å². The van der Waals surface area contributed by atoms with Crippen LogP contribution in [-0.4, -0.2) is 41.1 Å². The van der Waals surface area contributed by atoms with Crippen molar-refractivity contribution in [2.45, 2.75) is 13.5 Å². The lowest BCUT2D eigenvalue weighted by Crippen LogP contribution is -2.15. The van der Waals surface area contributed by atoms with E-state index in [-0.39, 0.29) is 5.69 Å². The van der Waals surface area contributed by atoms with Crippen LogP contribution < -0.4 is 10.1 Å². The highest BCUT2D eigenvalue weighted by Crippen LogP contribution is 2.27. The molecule has 0 aliphatic heterocycles. The fourth-order valence-corrected chi connectivity index (χ4v) is 3.07. The molecule has 1 amide bonds. The van der Waals surface area contributed by atoms with Crippen molar-refractivity contribution in [1.82, 2.24) is 15.0 Å². The Hall–Kier alpha value is -3.10. The smallest absolute Gasteiger partial charge is 0.337 e. The maximum atomic E-state index is 12.7. The number of aromatic nitrogens is 3. The molecule has 3 rings (SSSR count). The number of rotatable bonds is 6. The minimum Gasteiger partial charge on any atom is -0.495 e. The van der Waals surface area contributed by atoms with Crippen LogP contribution in [0, 0.1) is 6.92 Å². The van der Waals surface area contributed by atoms with Crippen molar-refractivity contribution in [3.05, 3.63) is 69.0 Å². The third-order valence-electron chi connectivity index (χ3n) is 4.38. The van der Waals surface area contributed by atoms with Gasteiger partial charge in [0.1, 0.15) is 5.75 Å². The molecule has 0 atom stereocenters. The molecule has 0 spiro atoms. The lowest BCUT2D eigenvalue weighted by atomic mass is 10.2. The van der Waals surface area contributed by atoms with Crippen LogP contribution in [0.1, 0.15) is 32.1 Å². The van der Waals surface area contributed by atoms with Gasteiger partial charge in [0.05, 0.1) is 47.8 Å². The Kier molecular flexibility index (Phi) is 6.59. The van der Waals surface area contributed by atoms with E-state index in [9.17, 15) is 9.59 Å². The van der Waals surface area contributed by atoms with Crippen LogP contribution in [0.3, 0.4) is 0 Å². The maximum Gasteiger partial charge on any atom is 0.337 e. The van der Waals surface area contributed by atoms with Gasteiger partial charge in [0.2, 0.25) is 0 Å². The summed E-state index contributed by atoms with van der Waals surface area (Å²) in [6.45, 7) is 2.12. The normalized spacial score (nSPS) is 10.6. The highest BCUT2D eigenvalue weighted by atomic mass is 35.5. The predicted molar refractivity (Wildman–Crippen MR) is 113 cm³/mol. The molecule has 3 aromatic rings. The van der Waals surface area contributed by atoms with Crippen LogP contribution in [0.4, 0.5) is 5.69 Å². The Morgan fingerprint density at radius 1 is 1.10 bits per heavy atom. The highest BCUT2D eigenvalue weighted by molar-refractivity contribution is 6.42. The number of carbonyl (C=O) groups is 2. The van der Waals surface area contributed by atoms with E-state index in [4.69, 9.17) is 27.9 Å². The van der Waals surface area contributed by atoms with Crippen LogP contribution >= 0.6 is 23.2 Å². The second kappa shape index (κ2) is 9.15. The number of halogens is 2. The van der Waals surface area contributed by atoms with Gasteiger partial charge in [-0.25, -0.2) is 9.48 Å². The summed E-state index contributed by atoms with van der Waals surface area (Å²) in [4.78, 5) is 24.4. The first-order chi connectivity index (χ1) is 14.3. The quantitative estimate of drug-likeness (QED) is 0.572. The fourth-order valence-electron chi connectivity index (χ4n) is 2.75. The number of methoxy groups -OCH3 is 2. The van der Waals surface area contributed by atoms with Gasteiger partial charge in [-0.1, -0.05) is 34.5 Å². The summed E-state index contributed by atoms with van der Waals surface area (Å²) >= 11 is 12.0. The zero-order valence-electron chi connectivity index (χ0n) is 16.4. The van der Waals surface area contributed by atoms with Gasteiger partial charge in [-0.2, -0.15) is 0 Å². The number of anilines is 1. The van der Waals surface area contributed by atoms with Crippen LogP contribution in [0.25, 0.3) is 0 Å². The molecule has 0 bridgehead atoms. The van der Waals surface area contributed by atoms with E-state index in [0.717, 1.165) is 5.56 Å². The molecule has 156 valence electrons. The summed E-state index contributed by atoms with van der Waals surface area (Å²) in [5.41, 5.74) is 2.28. The number of esters is 1. The SMILES string of the molecule is COC(=O)c1ccc(NC(=O)c2nnn(Cc3ccc(Cl)c(Cl)c3)c2C)c(OC)c1. The second-order valence-corrected chi connectivity index (χ2v) is 7.10. The molecule has 0 unspecified atom stereocenters. The molecular weight excluding hydrogens is 431 g/mol. The largest absolute Gasteiger partial charge is 0.495 e. The van der Waals surface area contributed by atoms with Crippen molar-refractivity contribution < 1.29 is 19.1 Å². The molecule has 1 heterocycles. The van der Waals surface area contributed by atoms with Crippen molar-refractivity contribution >= 4 is 40.8 Å². The second-order valence-electron chi connectivity index (χ2n) is 6.29. The summed E-state index contributed by atoms with van der Waals surface area (Å²) in [6.07, 6.45) is 0. The molecule has 1 N–H and O–H groups in total. The van der Waals surface area contributed by atoms with Gasteiger partial charge in [-0.3, -0.25) is 4.79 Å². The van der Waals surface area contributed by atoms with Crippen LogP contribution in [-0.2, 0) is 11.3 Å². The number of amides is 1. The van der Waals surface area contributed by atoms with Crippen molar-refractivity contribution in [2.24, 2.45) is 0 Å². The first kappa shape index (κ1) is 21.6. The van der Waals surface area contributed by atoms with E-state index in [0.29, 0.717) is 39.3 Å². The van der Waals surface area contributed by atoms with E-state index in [2.05, 4.69) is 20.4 Å². The zero-order valence-corrected chi connectivity index (χ0v) is 17.9.